The van der Waals surface area contributed by atoms with Crippen molar-refractivity contribution in [2.75, 3.05) is 23.7 Å². The van der Waals surface area contributed by atoms with Crippen LogP contribution in [-0.4, -0.2) is 24.2 Å². The van der Waals surface area contributed by atoms with Gasteiger partial charge in [-0.15, -0.1) is 0 Å². The van der Waals surface area contributed by atoms with Gasteiger partial charge in [0.05, 0.1) is 5.69 Å². The molecular formula is C11H13F3N4. The van der Waals surface area contributed by atoms with E-state index < -0.39 is 12.7 Å². The summed E-state index contributed by atoms with van der Waals surface area (Å²) < 4.78 is 37.3. The van der Waals surface area contributed by atoms with Gasteiger partial charge in [0.15, 0.2) is 5.69 Å². The fraction of sp³-hybridized carbons (Fsp3) is 0.455. The minimum Gasteiger partial charge on any atom is -0.396 e. The van der Waals surface area contributed by atoms with E-state index in [0.717, 1.165) is 4.90 Å². The first-order valence-corrected chi connectivity index (χ1v) is 5.35. The number of nitrogens with zero attached hydrogens (tertiary/aromatic N) is 3. The van der Waals surface area contributed by atoms with Gasteiger partial charge in [-0.05, 0) is 18.6 Å². The van der Waals surface area contributed by atoms with Gasteiger partial charge in [0, 0.05) is 6.54 Å². The fourth-order valence-electron chi connectivity index (χ4n) is 1.49. The summed E-state index contributed by atoms with van der Waals surface area (Å²) in [5.74, 6) is 0.111. The fourth-order valence-corrected chi connectivity index (χ4v) is 1.49. The highest BCUT2D eigenvalue weighted by Gasteiger charge is 2.31. The molecule has 0 unspecified atom stereocenters. The maximum Gasteiger partial charge on any atom is 0.405 e. The topological polar surface area (TPSA) is 65.9 Å². The van der Waals surface area contributed by atoms with Crippen LogP contribution in [0, 0.1) is 11.3 Å². The minimum atomic E-state index is -4.31. The van der Waals surface area contributed by atoms with Crippen LogP contribution < -0.4 is 10.6 Å². The molecule has 98 valence electrons. The average Bonchev–Trinajstić information content (AvgIpc) is 2.27. The van der Waals surface area contributed by atoms with E-state index in [9.17, 15) is 13.2 Å². The van der Waals surface area contributed by atoms with E-state index in [2.05, 4.69) is 4.98 Å². The molecule has 0 saturated carbocycles. The van der Waals surface area contributed by atoms with Crippen LogP contribution in [0.15, 0.2) is 12.1 Å². The molecule has 0 aliphatic carbocycles. The molecule has 0 aromatic carbocycles. The molecule has 0 aliphatic heterocycles. The molecule has 0 bridgehead atoms. The van der Waals surface area contributed by atoms with Gasteiger partial charge in [-0.3, -0.25) is 0 Å². The highest BCUT2D eigenvalue weighted by Crippen LogP contribution is 2.22. The van der Waals surface area contributed by atoms with Crippen molar-refractivity contribution in [3.63, 3.8) is 0 Å². The van der Waals surface area contributed by atoms with Crippen LogP contribution in [0.3, 0.4) is 0 Å². The summed E-state index contributed by atoms with van der Waals surface area (Å²) in [7, 11) is 0. The molecule has 4 nitrogen and oxygen atoms in total. The van der Waals surface area contributed by atoms with Crippen LogP contribution in [0.4, 0.5) is 24.7 Å². The maximum atomic E-state index is 12.4. The summed E-state index contributed by atoms with van der Waals surface area (Å²) in [5.41, 5.74) is 5.57. The number of hydrogen-bond donors (Lipinski definition) is 1. The lowest BCUT2D eigenvalue weighted by Crippen LogP contribution is -2.35. The number of nitrogen functional groups attached to an aromatic ring is 1. The Balaban J connectivity index is 3.03. The Hall–Kier alpha value is -1.97. The number of pyridine rings is 1. The second kappa shape index (κ2) is 5.58. The zero-order chi connectivity index (χ0) is 13.8. The van der Waals surface area contributed by atoms with Gasteiger partial charge in [-0.2, -0.15) is 18.4 Å². The molecule has 0 spiro atoms. The number of nitriles is 1. The third-order valence-corrected chi connectivity index (χ3v) is 2.21. The van der Waals surface area contributed by atoms with Crippen molar-refractivity contribution in [1.29, 1.82) is 5.26 Å². The molecule has 1 heterocycles. The molecule has 0 radical (unpaired) electrons. The molecule has 1 aromatic rings. The van der Waals surface area contributed by atoms with Gasteiger partial charge < -0.3 is 10.6 Å². The predicted octanol–water partition coefficient (Wildman–Crippen LogP) is 2.31. The summed E-state index contributed by atoms with van der Waals surface area (Å²) >= 11 is 0. The van der Waals surface area contributed by atoms with E-state index in [1.165, 1.54) is 12.1 Å². The lowest BCUT2D eigenvalue weighted by atomic mass is 10.3. The van der Waals surface area contributed by atoms with Crippen molar-refractivity contribution in [2.24, 2.45) is 0 Å². The number of halogens is 3. The Labute approximate surface area is 103 Å². The largest absolute Gasteiger partial charge is 0.405 e. The second-order valence-electron chi connectivity index (χ2n) is 3.76. The molecule has 2 N–H and O–H groups in total. The zero-order valence-electron chi connectivity index (χ0n) is 9.83. The van der Waals surface area contributed by atoms with Crippen molar-refractivity contribution >= 4 is 11.5 Å². The van der Waals surface area contributed by atoms with E-state index in [4.69, 9.17) is 11.0 Å². The van der Waals surface area contributed by atoms with Crippen LogP contribution in [0.1, 0.15) is 19.0 Å². The van der Waals surface area contributed by atoms with Gasteiger partial charge >= 0.3 is 6.18 Å². The van der Waals surface area contributed by atoms with E-state index in [1.54, 1.807) is 13.0 Å². The molecular weight excluding hydrogens is 245 g/mol. The van der Waals surface area contributed by atoms with Crippen LogP contribution in [0.2, 0.25) is 0 Å². The minimum absolute atomic E-state index is 0.0595. The van der Waals surface area contributed by atoms with Crippen molar-refractivity contribution in [1.82, 2.24) is 4.98 Å². The summed E-state index contributed by atoms with van der Waals surface area (Å²) in [6, 6.07) is 4.53. The van der Waals surface area contributed by atoms with Crippen molar-refractivity contribution in [2.45, 2.75) is 19.5 Å². The third-order valence-electron chi connectivity index (χ3n) is 2.21. The van der Waals surface area contributed by atoms with Gasteiger partial charge in [-0.1, -0.05) is 6.92 Å². The van der Waals surface area contributed by atoms with Crippen LogP contribution in [0.5, 0.6) is 0 Å². The van der Waals surface area contributed by atoms with Crippen LogP contribution in [0.25, 0.3) is 0 Å². The summed E-state index contributed by atoms with van der Waals surface area (Å²) in [6.07, 6.45) is -3.77. The van der Waals surface area contributed by atoms with E-state index in [1.807, 2.05) is 0 Å². The number of anilines is 2. The Morgan fingerprint density at radius 3 is 2.61 bits per heavy atom. The predicted molar refractivity (Wildman–Crippen MR) is 61.9 cm³/mol. The van der Waals surface area contributed by atoms with Gasteiger partial charge in [-0.25, -0.2) is 4.98 Å². The molecule has 1 rings (SSSR count). The van der Waals surface area contributed by atoms with Crippen molar-refractivity contribution in [3.8, 4) is 6.07 Å². The monoisotopic (exact) mass is 258 g/mol. The molecule has 1 aromatic heterocycles. The standard InChI is InChI=1S/C11H13F3N4/c1-2-5-18(7-11(12,13)14)10-4-3-8(16)9(6-15)17-10/h3-4H,2,5,7,16H2,1H3. The molecule has 7 heteroatoms. The summed E-state index contributed by atoms with van der Waals surface area (Å²) in [5, 5.41) is 8.75. The highest BCUT2D eigenvalue weighted by molar-refractivity contribution is 5.55. The third kappa shape index (κ3) is 3.80. The SMILES string of the molecule is CCCN(CC(F)(F)F)c1ccc(N)c(C#N)n1. The molecule has 0 amide bonds. The number of hydrogen-bond acceptors (Lipinski definition) is 4. The van der Waals surface area contributed by atoms with Crippen LogP contribution in [-0.2, 0) is 0 Å². The summed E-state index contributed by atoms with van der Waals surface area (Å²) in [6.45, 7) is 0.885. The van der Waals surface area contributed by atoms with Gasteiger partial charge in [0.1, 0.15) is 18.4 Å². The maximum absolute atomic E-state index is 12.4. The van der Waals surface area contributed by atoms with E-state index in [-0.39, 0.29) is 23.7 Å². The van der Waals surface area contributed by atoms with Gasteiger partial charge in [0.25, 0.3) is 0 Å². The first kappa shape index (κ1) is 14.1. The van der Waals surface area contributed by atoms with Crippen LogP contribution >= 0.6 is 0 Å². The quantitative estimate of drug-likeness (QED) is 0.900. The number of nitrogens with two attached hydrogens (primary N) is 1. The average molecular weight is 258 g/mol. The molecule has 0 fully saturated rings. The lowest BCUT2D eigenvalue weighted by molar-refractivity contribution is -0.119. The molecule has 18 heavy (non-hydrogen) atoms. The van der Waals surface area contributed by atoms with Gasteiger partial charge in [0.2, 0.25) is 0 Å². The van der Waals surface area contributed by atoms with E-state index in [0.29, 0.717) is 6.42 Å². The Morgan fingerprint density at radius 2 is 2.11 bits per heavy atom. The summed E-state index contributed by atoms with van der Waals surface area (Å²) in [4.78, 5) is 4.92. The smallest absolute Gasteiger partial charge is 0.396 e. The molecule has 0 saturated heterocycles. The second-order valence-corrected chi connectivity index (χ2v) is 3.76. The van der Waals surface area contributed by atoms with E-state index >= 15 is 0 Å². The zero-order valence-corrected chi connectivity index (χ0v) is 9.83. The van der Waals surface area contributed by atoms with Crippen molar-refractivity contribution < 1.29 is 13.2 Å². The van der Waals surface area contributed by atoms with Crippen molar-refractivity contribution in [3.05, 3.63) is 17.8 Å². The first-order chi connectivity index (χ1) is 8.37. The lowest BCUT2D eigenvalue weighted by Gasteiger charge is -2.24. The Kier molecular flexibility index (Phi) is 4.37. The number of rotatable bonds is 4. The molecule has 0 aliphatic rings. The normalized spacial score (nSPS) is 11.1. The Bertz CT molecular complexity index is 451. The number of alkyl halides is 3. The number of aromatic nitrogens is 1. The molecule has 0 atom stereocenters. The highest BCUT2D eigenvalue weighted by atomic mass is 19.4. The first-order valence-electron chi connectivity index (χ1n) is 5.35. The Morgan fingerprint density at radius 1 is 1.44 bits per heavy atom.